The van der Waals surface area contributed by atoms with E-state index >= 15 is 0 Å². The largest absolute Gasteiger partial charge is 0.361 e. The third-order valence-electron chi connectivity index (χ3n) is 4.84. The van der Waals surface area contributed by atoms with Gasteiger partial charge in [0, 0.05) is 56.3 Å². The Bertz CT molecular complexity index is 1190. The van der Waals surface area contributed by atoms with E-state index in [1.165, 1.54) is 0 Å². The zero-order valence-electron chi connectivity index (χ0n) is 13.7. The molecule has 6 heteroatoms. The van der Waals surface area contributed by atoms with E-state index in [0.717, 1.165) is 37.4 Å². The van der Waals surface area contributed by atoms with Crippen LogP contribution in [0.1, 0.15) is 17.2 Å². The Morgan fingerprint density at radius 3 is 2.77 bits per heavy atom. The molecule has 1 atom stereocenters. The number of rotatable bonds is 2. The summed E-state index contributed by atoms with van der Waals surface area (Å²) in [4.78, 5) is 23.9. The van der Waals surface area contributed by atoms with Crippen LogP contribution < -0.4 is 5.32 Å². The smallest absolute Gasteiger partial charge is 0.270 e. The Kier molecular flexibility index (Phi) is 3.46. The van der Waals surface area contributed by atoms with Crippen LogP contribution in [0.5, 0.6) is 0 Å². The minimum atomic E-state index is -0.134. The minimum absolute atomic E-state index is 0.112. The van der Waals surface area contributed by atoms with Crippen LogP contribution in [0.4, 0.5) is 0 Å². The fraction of sp³-hybridized carbons (Fsp3) is 0.100. The van der Waals surface area contributed by atoms with Crippen molar-refractivity contribution >= 4 is 49.4 Å². The first-order valence-electron chi connectivity index (χ1n) is 8.40. The number of carbonyl (C=O) groups excluding carboxylic acids is 1. The number of para-hydroxylation sites is 1. The average molecular weight is 407 g/mol. The highest BCUT2D eigenvalue weighted by Gasteiger charge is 2.27. The Morgan fingerprint density at radius 2 is 1.85 bits per heavy atom. The summed E-state index contributed by atoms with van der Waals surface area (Å²) in [6, 6.07) is 14.0. The number of carbonyl (C=O) groups is 1. The number of nitrogens with one attached hydrogen (secondary N) is 3. The molecule has 0 saturated carbocycles. The van der Waals surface area contributed by atoms with Crippen LogP contribution in [0.15, 0.2) is 64.3 Å². The topological polar surface area (TPSA) is 73.0 Å². The second-order valence-corrected chi connectivity index (χ2v) is 7.30. The van der Waals surface area contributed by atoms with Crippen LogP contribution in [0.3, 0.4) is 0 Å². The molecule has 5 nitrogen and oxygen atoms in total. The van der Waals surface area contributed by atoms with Crippen molar-refractivity contribution in [2.45, 2.75) is 6.04 Å². The summed E-state index contributed by atoms with van der Waals surface area (Å²) in [7, 11) is 0. The lowest BCUT2D eigenvalue weighted by atomic mass is 10.0. The molecule has 1 amide bonds. The van der Waals surface area contributed by atoms with Gasteiger partial charge in [-0.3, -0.25) is 9.79 Å². The molecule has 128 valence electrons. The lowest BCUT2D eigenvalue weighted by Gasteiger charge is -2.21. The summed E-state index contributed by atoms with van der Waals surface area (Å²) in [6.07, 6.45) is 3.84. The van der Waals surface area contributed by atoms with Crippen molar-refractivity contribution < 1.29 is 4.79 Å². The van der Waals surface area contributed by atoms with Gasteiger partial charge in [-0.25, -0.2) is 0 Å². The summed E-state index contributed by atoms with van der Waals surface area (Å²) < 4.78 is 0.991. The van der Waals surface area contributed by atoms with Crippen LogP contribution in [0.25, 0.3) is 21.8 Å². The van der Waals surface area contributed by atoms with E-state index in [-0.39, 0.29) is 11.9 Å². The number of aromatic amines is 2. The normalized spacial score (nSPS) is 17.5. The van der Waals surface area contributed by atoms with Crippen LogP contribution in [-0.2, 0) is 4.79 Å². The molecule has 4 aromatic rings. The number of hydrogen-bond donors (Lipinski definition) is 3. The zero-order valence-corrected chi connectivity index (χ0v) is 15.3. The molecule has 0 saturated heterocycles. The molecule has 2 aromatic carbocycles. The van der Waals surface area contributed by atoms with Crippen molar-refractivity contribution in [1.29, 1.82) is 0 Å². The van der Waals surface area contributed by atoms with Crippen molar-refractivity contribution in [3.63, 3.8) is 0 Å². The molecule has 26 heavy (non-hydrogen) atoms. The van der Waals surface area contributed by atoms with E-state index in [9.17, 15) is 4.79 Å². The zero-order chi connectivity index (χ0) is 17.7. The molecule has 3 heterocycles. The van der Waals surface area contributed by atoms with Crippen LogP contribution in [0, 0.1) is 0 Å². The highest BCUT2D eigenvalue weighted by Crippen LogP contribution is 2.30. The van der Waals surface area contributed by atoms with Crippen molar-refractivity contribution in [3.05, 3.63) is 70.5 Å². The van der Waals surface area contributed by atoms with Crippen LogP contribution in [-0.4, -0.2) is 28.1 Å². The molecular formula is C20H15BrN4O. The molecular weight excluding hydrogens is 392 g/mol. The first kappa shape index (κ1) is 15.4. The number of aromatic nitrogens is 2. The minimum Gasteiger partial charge on any atom is -0.361 e. The lowest BCUT2D eigenvalue weighted by molar-refractivity contribution is -0.115. The highest BCUT2D eigenvalue weighted by atomic mass is 79.9. The van der Waals surface area contributed by atoms with Crippen LogP contribution >= 0.6 is 15.9 Å². The van der Waals surface area contributed by atoms with Gasteiger partial charge in [0.2, 0.25) is 0 Å². The molecule has 0 fully saturated rings. The molecule has 0 spiro atoms. The van der Waals surface area contributed by atoms with Gasteiger partial charge in [0.25, 0.3) is 5.91 Å². The van der Waals surface area contributed by atoms with Gasteiger partial charge in [-0.1, -0.05) is 40.2 Å². The van der Waals surface area contributed by atoms with E-state index in [1.54, 1.807) is 0 Å². The van der Waals surface area contributed by atoms with Gasteiger partial charge >= 0.3 is 0 Å². The van der Waals surface area contributed by atoms with Gasteiger partial charge in [-0.15, -0.1) is 0 Å². The standard InChI is InChI=1S/C20H15BrN4O/c21-11-5-6-13-15(9-23-17(13)7-11)19-20(26)24-10-18(25-19)14-8-22-16-4-2-1-3-12(14)16/h1-9,18,22-23H,10H2,(H,24,26). The molecule has 3 N–H and O–H groups in total. The fourth-order valence-electron chi connectivity index (χ4n) is 3.57. The molecule has 0 radical (unpaired) electrons. The van der Waals surface area contributed by atoms with Gasteiger partial charge in [-0.05, 0) is 18.2 Å². The Morgan fingerprint density at radius 1 is 1.00 bits per heavy atom. The van der Waals surface area contributed by atoms with E-state index < -0.39 is 0 Å². The Hall–Kier alpha value is -2.86. The first-order valence-corrected chi connectivity index (χ1v) is 9.19. The quantitative estimate of drug-likeness (QED) is 0.461. The Balaban J connectivity index is 1.64. The SMILES string of the molecule is O=C1NCC(c2c[nH]c3ccccc23)N=C1c1c[nH]c2cc(Br)ccc12. The van der Waals surface area contributed by atoms with Gasteiger partial charge in [0.05, 0.1) is 6.04 Å². The van der Waals surface area contributed by atoms with E-state index in [4.69, 9.17) is 4.99 Å². The molecule has 0 aliphatic carbocycles. The number of halogens is 1. The van der Waals surface area contributed by atoms with Crippen molar-refractivity contribution in [3.8, 4) is 0 Å². The number of amides is 1. The molecule has 1 aliphatic heterocycles. The van der Waals surface area contributed by atoms with Crippen molar-refractivity contribution in [2.24, 2.45) is 4.99 Å². The fourth-order valence-corrected chi connectivity index (χ4v) is 3.93. The Labute approximate surface area is 157 Å². The summed E-state index contributed by atoms with van der Waals surface area (Å²) in [5.74, 6) is -0.134. The number of fused-ring (bicyclic) bond motifs is 2. The molecule has 2 aromatic heterocycles. The van der Waals surface area contributed by atoms with Gasteiger partial charge in [0.15, 0.2) is 0 Å². The summed E-state index contributed by atoms with van der Waals surface area (Å²) in [5, 5.41) is 5.12. The molecule has 5 rings (SSSR count). The molecule has 1 aliphatic rings. The van der Waals surface area contributed by atoms with Crippen molar-refractivity contribution in [2.75, 3.05) is 6.54 Å². The monoisotopic (exact) mass is 406 g/mol. The predicted octanol–water partition coefficient (Wildman–Crippen LogP) is 4.07. The van der Waals surface area contributed by atoms with E-state index in [0.29, 0.717) is 12.3 Å². The lowest BCUT2D eigenvalue weighted by Crippen LogP contribution is -2.39. The second kappa shape index (κ2) is 5.85. The van der Waals surface area contributed by atoms with E-state index in [1.807, 2.05) is 48.8 Å². The summed E-state index contributed by atoms with van der Waals surface area (Å²) in [6.45, 7) is 0.498. The average Bonchev–Trinajstić information content (AvgIpc) is 3.26. The highest BCUT2D eigenvalue weighted by molar-refractivity contribution is 9.10. The number of nitrogens with zero attached hydrogens (tertiary/aromatic N) is 1. The summed E-state index contributed by atoms with van der Waals surface area (Å²) in [5.41, 5.74) is 4.45. The number of hydrogen-bond acceptors (Lipinski definition) is 2. The number of benzene rings is 2. The van der Waals surface area contributed by atoms with Crippen LogP contribution in [0.2, 0.25) is 0 Å². The second-order valence-electron chi connectivity index (χ2n) is 6.39. The van der Waals surface area contributed by atoms with Crippen molar-refractivity contribution in [1.82, 2.24) is 15.3 Å². The van der Waals surface area contributed by atoms with Gasteiger partial charge in [-0.2, -0.15) is 0 Å². The number of aliphatic imine (C=N–C) groups is 1. The summed E-state index contributed by atoms with van der Waals surface area (Å²) >= 11 is 3.48. The van der Waals surface area contributed by atoms with E-state index in [2.05, 4.69) is 37.3 Å². The maximum absolute atomic E-state index is 12.5. The van der Waals surface area contributed by atoms with Gasteiger partial charge < -0.3 is 15.3 Å². The third kappa shape index (κ3) is 2.37. The first-order chi connectivity index (χ1) is 12.7. The molecule has 1 unspecified atom stereocenters. The third-order valence-corrected chi connectivity index (χ3v) is 5.33. The maximum atomic E-state index is 12.5. The predicted molar refractivity (Wildman–Crippen MR) is 107 cm³/mol. The van der Waals surface area contributed by atoms with Gasteiger partial charge in [0.1, 0.15) is 5.71 Å². The molecule has 0 bridgehead atoms. The maximum Gasteiger partial charge on any atom is 0.270 e. The number of H-pyrrole nitrogens is 2.